The molecule has 0 atom stereocenters. The van der Waals surface area contributed by atoms with Crippen molar-refractivity contribution in [1.82, 2.24) is 0 Å². The minimum Gasteiger partial charge on any atom is -0.489 e. The zero-order chi connectivity index (χ0) is 12.6. The molecule has 0 saturated carbocycles. The number of rotatable bonds is 2. The number of halogens is 1. The standard InChI is InChI=1S/C12H9FO4/c1-16-11-9(14)7-4-3-6(13)5-8(7)10(15)12(11)17-2/h3-5H,1-2H3. The Labute approximate surface area is 96.6 Å². The summed E-state index contributed by atoms with van der Waals surface area (Å²) in [5.41, 5.74) is 0.113. The smallest absolute Gasteiger partial charge is 0.232 e. The Bertz CT molecular complexity index is 545. The van der Waals surface area contributed by atoms with Crippen molar-refractivity contribution in [2.75, 3.05) is 14.2 Å². The molecule has 0 bridgehead atoms. The minimum absolute atomic E-state index is 0.00681. The molecule has 0 N–H and O–H groups in total. The summed E-state index contributed by atoms with van der Waals surface area (Å²) < 4.78 is 22.7. The quantitative estimate of drug-likeness (QED) is 0.784. The normalized spacial score (nSPS) is 14.8. The number of hydrogen-bond acceptors (Lipinski definition) is 4. The average Bonchev–Trinajstić information content (AvgIpc) is 2.33. The number of carbonyl (C=O) groups excluding carboxylic acids is 2. The maximum Gasteiger partial charge on any atom is 0.232 e. The highest BCUT2D eigenvalue weighted by molar-refractivity contribution is 6.25. The van der Waals surface area contributed by atoms with E-state index in [2.05, 4.69) is 0 Å². The van der Waals surface area contributed by atoms with E-state index in [0.717, 1.165) is 12.1 Å². The Balaban J connectivity index is 2.68. The van der Waals surface area contributed by atoms with Gasteiger partial charge in [-0.3, -0.25) is 9.59 Å². The highest BCUT2D eigenvalue weighted by atomic mass is 19.1. The molecule has 0 amide bonds. The van der Waals surface area contributed by atoms with Crippen molar-refractivity contribution in [3.8, 4) is 0 Å². The first-order chi connectivity index (χ1) is 8.10. The Kier molecular flexibility index (Phi) is 2.67. The lowest BCUT2D eigenvalue weighted by molar-refractivity contribution is 0.0829. The van der Waals surface area contributed by atoms with E-state index in [0.29, 0.717) is 0 Å². The molecular weight excluding hydrogens is 227 g/mol. The monoisotopic (exact) mass is 236 g/mol. The molecule has 88 valence electrons. The molecule has 0 heterocycles. The molecular formula is C12H9FO4. The molecule has 1 aromatic carbocycles. The molecule has 0 fully saturated rings. The first kappa shape index (κ1) is 11.3. The maximum absolute atomic E-state index is 13.1. The van der Waals surface area contributed by atoms with Crippen molar-refractivity contribution in [3.05, 3.63) is 46.7 Å². The molecule has 1 aromatic rings. The molecule has 17 heavy (non-hydrogen) atoms. The van der Waals surface area contributed by atoms with Gasteiger partial charge in [0.1, 0.15) is 5.82 Å². The maximum atomic E-state index is 13.1. The van der Waals surface area contributed by atoms with Crippen molar-refractivity contribution in [2.24, 2.45) is 0 Å². The van der Waals surface area contributed by atoms with E-state index in [-0.39, 0.29) is 22.6 Å². The van der Waals surface area contributed by atoms with Crippen LogP contribution in [0.5, 0.6) is 0 Å². The number of benzene rings is 1. The Morgan fingerprint density at radius 1 is 0.941 bits per heavy atom. The average molecular weight is 236 g/mol. The summed E-state index contributed by atoms with van der Waals surface area (Å²) in [4.78, 5) is 23.9. The second-order valence-corrected chi connectivity index (χ2v) is 3.41. The summed E-state index contributed by atoms with van der Waals surface area (Å²) in [6, 6.07) is 3.40. The third-order valence-electron chi connectivity index (χ3n) is 2.50. The van der Waals surface area contributed by atoms with Gasteiger partial charge >= 0.3 is 0 Å². The van der Waals surface area contributed by atoms with Gasteiger partial charge in [-0.05, 0) is 18.2 Å². The summed E-state index contributed by atoms with van der Waals surface area (Å²) in [6.45, 7) is 0. The first-order valence-electron chi connectivity index (χ1n) is 4.81. The van der Waals surface area contributed by atoms with Crippen LogP contribution in [0.25, 0.3) is 0 Å². The number of allylic oxidation sites excluding steroid dienone is 2. The molecule has 0 saturated heterocycles. The van der Waals surface area contributed by atoms with Crippen molar-refractivity contribution in [1.29, 1.82) is 0 Å². The van der Waals surface area contributed by atoms with Gasteiger partial charge in [0.15, 0.2) is 0 Å². The van der Waals surface area contributed by atoms with Crippen molar-refractivity contribution in [3.63, 3.8) is 0 Å². The van der Waals surface area contributed by atoms with Crippen LogP contribution in [0, 0.1) is 5.82 Å². The summed E-state index contributed by atoms with van der Waals surface area (Å²) in [5, 5.41) is 0. The minimum atomic E-state index is -0.582. The zero-order valence-corrected chi connectivity index (χ0v) is 9.24. The Morgan fingerprint density at radius 2 is 1.47 bits per heavy atom. The van der Waals surface area contributed by atoms with Crippen LogP contribution in [0.3, 0.4) is 0 Å². The highest BCUT2D eigenvalue weighted by Crippen LogP contribution is 2.27. The SMILES string of the molecule is COC1=C(OC)C(=O)c2cc(F)ccc2C1=O. The number of Topliss-reactive ketones (excluding diaryl/α,β-unsaturated/α-hetero) is 2. The zero-order valence-electron chi connectivity index (χ0n) is 9.24. The van der Waals surface area contributed by atoms with Gasteiger partial charge in [-0.15, -0.1) is 0 Å². The van der Waals surface area contributed by atoms with Gasteiger partial charge in [0.05, 0.1) is 14.2 Å². The number of carbonyl (C=O) groups is 2. The lowest BCUT2D eigenvalue weighted by Crippen LogP contribution is -2.24. The summed E-state index contributed by atoms with van der Waals surface area (Å²) in [6.07, 6.45) is 0. The first-order valence-corrected chi connectivity index (χ1v) is 4.81. The molecule has 0 aromatic heterocycles. The van der Waals surface area contributed by atoms with E-state index in [1.54, 1.807) is 0 Å². The fraction of sp³-hybridized carbons (Fsp3) is 0.167. The third kappa shape index (κ3) is 1.60. The van der Waals surface area contributed by atoms with Crippen LogP contribution < -0.4 is 0 Å². The second-order valence-electron chi connectivity index (χ2n) is 3.41. The molecule has 5 heteroatoms. The van der Waals surface area contributed by atoms with Crippen LogP contribution in [0.15, 0.2) is 29.7 Å². The number of hydrogen-bond donors (Lipinski definition) is 0. The van der Waals surface area contributed by atoms with E-state index in [4.69, 9.17) is 9.47 Å². The van der Waals surface area contributed by atoms with Crippen molar-refractivity contribution in [2.45, 2.75) is 0 Å². The van der Waals surface area contributed by atoms with Gasteiger partial charge in [0.25, 0.3) is 0 Å². The Hall–Kier alpha value is -2.17. The van der Waals surface area contributed by atoms with E-state index in [1.807, 2.05) is 0 Å². The van der Waals surface area contributed by atoms with Gasteiger partial charge in [-0.25, -0.2) is 4.39 Å². The number of ether oxygens (including phenoxy) is 2. The summed E-state index contributed by atoms with van der Waals surface area (Å²) in [7, 11) is 2.53. The third-order valence-corrected chi connectivity index (χ3v) is 2.50. The van der Waals surface area contributed by atoms with E-state index in [1.165, 1.54) is 20.3 Å². The van der Waals surface area contributed by atoms with E-state index >= 15 is 0 Å². The van der Waals surface area contributed by atoms with Crippen LogP contribution in [0.2, 0.25) is 0 Å². The summed E-state index contributed by atoms with van der Waals surface area (Å²) >= 11 is 0. The molecule has 4 nitrogen and oxygen atoms in total. The van der Waals surface area contributed by atoms with Gasteiger partial charge < -0.3 is 9.47 Å². The van der Waals surface area contributed by atoms with Crippen molar-refractivity contribution < 1.29 is 23.5 Å². The lowest BCUT2D eigenvalue weighted by atomic mass is 9.92. The molecule has 1 aliphatic carbocycles. The predicted molar refractivity (Wildman–Crippen MR) is 56.1 cm³/mol. The molecule has 0 radical (unpaired) electrons. The molecule has 1 aliphatic rings. The number of fused-ring (bicyclic) bond motifs is 1. The molecule has 0 aliphatic heterocycles. The Morgan fingerprint density at radius 3 is 2.00 bits per heavy atom. The van der Waals surface area contributed by atoms with Crippen molar-refractivity contribution >= 4 is 11.6 Å². The van der Waals surface area contributed by atoms with Crippen LogP contribution in [0.1, 0.15) is 20.7 Å². The fourth-order valence-electron chi connectivity index (χ4n) is 1.72. The van der Waals surface area contributed by atoms with Crippen LogP contribution >= 0.6 is 0 Å². The van der Waals surface area contributed by atoms with Gasteiger partial charge in [0.2, 0.25) is 23.1 Å². The lowest BCUT2D eigenvalue weighted by Gasteiger charge is -2.18. The molecule has 0 spiro atoms. The fourth-order valence-corrected chi connectivity index (χ4v) is 1.72. The van der Waals surface area contributed by atoms with Crippen LogP contribution in [-0.4, -0.2) is 25.8 Å². The van der Waals surface area contributed by atoms with E-state index in [9.17, 15) is 14.0 Å². The second kappa shape index (κ2) is 4.01. The largest absolute Gasteiger partial charge is 0.489 e. The van der Waals surface area contributed by atoms with E-state index < -0.39 is 17.4 Å². The topological polar surface area (TPSA) is 52.6 Å². The van der Waals surface area contributed by atoms with Crippen LogP contribution in [-0.2, 0) is 9.47 Å². The van der Waals surface area contributed by atoms with Gasteiger partial charge in [-0.1, -0.05) is 0 Å². The van der Waals surface area contributed by atoms with Crippen LogP contribution in [0.4, 0.5) is 4.39 Å². The molecule has 0 unspecified atom stereocenters. The highest BCUT2D eigenvalue weighted by Gasteiger charge is 2.34. The predicted octanol–water partition coefficient (Wildman–Crippen LogP) is 1.71. The summed E-state index contributed by atoms with van der Waals surface area (Å²) in [5.74, 6) is -1.98. The van der Waals surface area contributed by atoms with Gasteiger partial charge in [-0.2, -0.15) is 0 Å². The molecule has 2 rings (SSSR count). The number of ketones is 2. The van der Waals surface area contributed by atoms with Gasteiger partial charge in [0, 0.05) is 11.1 Å². The number of methoxy groups -OCH3 is 2.